The van der Waals surface area contributed by atoms with Gasteiger partial charge in [-0.15, -0.1) is 0 Å². The van der Waals surface area contributed by atoms with E-state index in [1.54, 1.807) is 12.1 Å². The molecular formula is C24H32N4O2S. The van der Waals surface area contributed by atoms with Crippen LogP contribution in [-0.4, -0.2) is 56.3 Å². The lowest BCUT2D eigenvalue weighted by Gasteiger charge is -2.35. The van der Waals surface area contributed by atoms with Crippen molar-refractivity contribution in [2.45, 2.75) is 50.6 Å². The van der Waals surface area contributed by atoms with Crippen molar-refractivity contribution < 1.29 is 8.42 Å². The molecule has 2 heterocycles. The van der Waals surface area contributed by atoms with Crippen molar-refractivity contribution in [1.29, 1.82) is 0 Å². The van der Waals surface area contributed by atoms with Gasteiger partial charge in [0, 0.05) is 37.7 Å². The molecule has 0 spiro atoms. The lowest BCUT2D eigenvalue weighted by Crippen LogP contribution is -2.41. The van der Waals surface area contributed by atoms with E-state index in [0.717, 1.165) is 36.5 Å². The summed E-state index contributed by atoms with van der Waals surface area (Å²) in [4.78, 5) is 12.7. The van der Waals surface area contributed by atoms with Gasteiger partial charge in [-0.2, -0.15) is 0 Å². The van der Waals surface area contributed by atoms with Crippen molar-refractivity contribution in [3.63, 3.8) is 0 Å². The van der Waals surface area contributed by atoms with Crippen molar-refractivity contribution in [3.05, 3.63) is 53.1 Å². The summed E-state index contributed by atoms with van der Waals surface area (Å²) in [6.07, 6.45) is 7.07. The molecule has 0 aromatic heterocycles. The molecule has 6 nitrogen and oxygen atoms in total. The number of sulfone groups is 1. The van der Waals surface area contributed by atoms with E-state index in [0.29, 0.717) is 31.0 Å². The number of benzene rings is 1. The molecule has 0 bridgehead atoms. The smallest absolute Gasteiger partial charge is 0.180 e. The van der Waals surface area contributed by atoms with Crippen LogP contribution in [-0.2, 0) is 16.4 Å². The number of fused-ring (bicyclic) bond motifs is 2. The third kappa shape index (κ3) is 4.67. The minimum absolute atomic E-state index is 0.0378. The maximum Gasteiger partial charge on any atom is 0.180 e. The Bertz CT molecular complexity index is 1070. The second kappa shape index (κ2) is 9.09. The molecule has 2 unspecified atom stereocenters. The zero-order valence-electron chi connectivity index (χ0n) is 18.4. The van der Waals surface area contributed by atoms with Crippen molar-refractivity contribution in [2.24, 2.45) is 21.6 Å². The molecule has 166 valence electrons. The van der Waals surface area contributed by atoms with Gasteiger partial charge >= 0.3 is 0 Å². The quantitative estimate of drug-likeness (QED) is 0.729. The fourth-order valence-corrected chi connectivity index (χ4v) is 6.16. The van der Waals surface area contributed by atoms with Crippen molar-refractivity contribution >= 4 is 21.4 Å². The molecule has 3 aliphatic rings. The van der Waals surface area contributed by atoms with Gasteiger partial charge in [0.1, 0.15) is 5.84 Å². The summed E-state index contributed by atoms with van der Waals surface area (Å²) < 4.78 is 25.6. The number of allylic oxidation sites excluding steroid dienone is 2. The van der Waals surface area contributed by atoms with Crippen LogP contribution in [0.3, 0.4) is 0 Å². The summed E-state index contributed by atoms with van der Waals surface area (Å²) in [6.45, 7) is 6.78. The molecule has 1 aliphatic carbocycles. The number of hydrogen-bond acceptors (Lipinski definition) is 6. The molecule has 2 aliphatic heterocycles. The Labute approximate surface area is 185 Å². The second-order valence-corrected chi connectivity index (χ2v) is 10.8. The summed E-state index contributed by atoms with van der Waals surface area (Å²) >= 11 is 0. The highest BCUT2D eigenvalue weighted by Gasteiger charge is 2.34. The largest absolute Gasteiger partial charge is 0.355 e. The fourth-order valence-electron chi connectivity index (χ4n) is 4.66. The van der Waals surface area contributed by atoms with Gasteiger partial charge in [-0.05, 0) is 43.5 Å². The number of unbranched alkanes of at least 4 members (excludes halogenated alkanes) is 1. The monoisotopic (exact) mass is 440 g/mol. The van der Waals surface area contributed by atoms with Crippen molar-refractivity contribution in [2.75, 3.05) is 25.4 Å². The van der Waals surface area contributed by atoms with E-state index in [1.165, 1.54) is 11.1 Å². The average molecular weight is 441 g/mol. The second-order valence-electron chi connectivity index (χ2n) is 8.71. The van der Waals surface area contributed by atoms with Crippen LogP contribution < -0.4 is 5.73 Å². The minimum Gasteiger partial charge on any atom is -0.355 e. The van der Waals surface area contributed by atoms with Gasteiger partial charge in [-0.1, -0.05) is 42.8 Å². The summed E-state index contributed by atoms with van der Waals surface area (Å²) in [7, 11) is -3.29. The fraction of sp³-hybridized carbons (Fsp3) is 0.500. The highest BCUT2D eigenvalue weighted by molar-refractivity contribution is 7.91. The van der Waals surface area contributed by atoms with E-state index in [2.05, 4.69) is 30.9 Å². The highest BCUT2D eigenvalue weighted by Crippen LogP contribution is 2.33. The van der Waals surface area contributed by atoms with Gasteiger partial charge in [0.05, 0.1) is 16.7 Å². The Morgan fingerprint density at radius 3 is 2.87 bits per heavy atom. The number of amidine groups is 1. The third-order valence-corrected chi connectivity index (χ3v) is 8.04. The molecular weight excluding hydrogens is 408 g/mol. The predicted octanol–water partition coefficient (Wildman–Crippen LogP) is 3.15. The molecule has 0 saturated heterocycles. The Kier molecular flexibility index (Phi) is 6.44. The molecule has 0 saturated carbocycles. The first-order valence-electron chi connectivity index (χ1n) is 11.1. The van der Waals surface area contributed by atoms with Crippen LogP contribution in [0.1, 0.15) is 38.7 Å². The third-order valence-electron chi connectivity index (χ3n) is 6.25. The average Bonchev–Trinajstić information content (AvgIpc) is 2.87. The lowest BCUT2D eigenvalue weighted by molar-refractivity contribution is 0.423. The van der Waals surface area contributed by atoms with Gasteiger partial charge in [0.15, 0.2) is 9.84 Å². The normalized spacial score (nSPS) is 26.4. The van der Waals surface area contributed by atoms with Gasteiger partial charge in [-0.3, -0.25) is 9.98 Å². The van der Waals surface area contributed by atoms with Crippen LogP contribution in [0.15, 0.2) is 62.4 Å². The van der Waals surface area contributed by atoms with Gasteiger partial charge in [0.2, 0.25) is 0 Å². The van der Waals surface area contributed by atoms with E-state index in [4.69, 9.17) is 15.7 Å². The Morgan fingerprint density at radius 2 is 2.06 bits per heavy atom. The Hall–Kier alpha value is -2.25. The number of nitrogens with two attached hydrogens (primary N) is 1. The standard InChI is InChI=1S/C24H32N4O2S/c1-17-13-18(2)24-20(14-17)21(26-10-6-5-9-25)15-23(27-24)28-11-12-31(29,30)22-8-4-3-7-19(22)16-28/h3-4,7-8,13-14,18,24H,5-6,9-12,15-16,25H2,1-2H3. The van der Waals surface area contributed by atoms with Crippen LogP contribution in [0, 0.1) is 5.92 Å². The molecule has 1 aromatic carbocycles. The minimum atomic E-state index is -3.29. The number of rotatable bonds is 4. The molecule has 4 rings (SSSR count). The Balaban J connectivity index is 1.67. The van der Waals surface area contributed by atoms with E-state index in [9.17, 15) is 8.42 Å². The van der Waals surface area contributed by atoms with Crippen LogP contribution >= 0.6 is 0 Å². The van der Waals surface area contributed by atoms with Gasteiger partial charge < -0.3 is 10.6 Å². The molecule has 1 aromatic rings. The SMILES string of the molecule is CC1=CC(C)C2N=C(N3CCS(=O)(=O)c4ccccc4C3)CC(=NCCCCN)C2=C1. The Morgan fingerprint density at radius 1 is 1.26 bits per heavy atom. The van der Waals surface area contributed by atoms with E-state index in [-0.39, 0.29) is 17.7 Å². The van der Waals surface area contributed by atoms with Gasteiger partial charge in [-0.25, -0.2) is 8.42 Å². The van der Waals surface area contributed by atoms with E-state index < -0.39 is 9.84 Å². The predicted molar refractivity (Wildman–Crippen MR) is 126 cm³/mol. The van der Waals surface area contributed by atoms with E-state index in [1.807, 2.05) is 12.1 Å². The molecule has 0 amide bonds. The molecule has 7 heteroatoms. The summed E-state index contributed by atoms with van der Waals surface area (Å²) in [5, 5.41) is 0. The molecule has 31 heavy (non-hydrogen) atoms. The van der Waals surface area contributed by atoms with Crippen molar-refractivity contribution in [3.8, 4) is 0 Å². The maximum atomic E-state index is 12.8. The molecule has 2 atom stereocenters. The maximum absolute atomic E-state index is 12.8. The highest BCUT2D eigenvalue weighted by atomic mass is 32.2. The summed E-state index contributed by atoms with van der Waals surface area (Å²) in [5.74, 6) is 1.34. The zero-order chi connectivity index (χ0) is 22.0. The number of hydrogen-bond donors (Lipinski definition) is 1. The molecule has 0 fully saturated rings. The van der Waals surface area contributed by atoms with Crippen molar-refractivity contribution in [1.82, 2.24) is 4.90 Å². The lowest BCUT2D eigenvalue weighted by atomic mass is 9.82. The first-order valence-corrected chi connectivity index (χ1v) is 12.8. The zero-order valence-corrected chi connectivity index (χ0v) is 19.2. The van der Waals surface area contributed by atoms with Crippen LogP contribution in [0.25, 0.3) is 0 Å². The first-order chi connectivity index (χ1) is 14.9. The molecule has 0 radical (unpaired) electrons. The van der Waals surface area contributed by atoms with Gasteiger partial charge in [0.25, 0.3) is 0 Å². The summed E-state index contributed by atoms with van der Waals surface area (Å²) in [6, 6.07) is 7.38. The molecule has 2 N–H and O–H groups in total. The van der Waals surface area contributed by atoms with Crippen LogP contribution in [0.5, 0.6) is 0 Å². The topological polar surface area (TPSA) is 88.1 Å². The number of nitrogens with zero attached hydrogens (tertiary/aromatic N) is 3. The summed E-state index contributed by atoms with van der Waals surface area (Å²) in [5.41, 5.74) is 10.0. The number of aliphatic imine (C=N–C) groups is 2. The van der Waals surface area contributed by atoms with Crippen LogP contribution in [0.4, 0.5) is 0 Å². The first kappa shape index (κ1) is 22.0. The van der Waals surface area contributed by atoms with E-state index >= 15 is 0 Å². The van der Waals surface area contributed by atoms with Crippen LogP contribution in [0.2, 0.25) is 0 Å².